The summed E-state index contributed by atoms with van der Waals surface area (Å²) >= 11 is -4.03. The average molecular weight is 356 g/mol. The van der Waals surface area contributed by atoms with E-state index in [0.717, 1.165) is 5.56 Å². The predicted molar refractivity (Wildman–Crippen MR) is 87.8 cm³/mol. The molecule has 0 saturated heterocycles. The van der Waals surface area contributed by atoms with E-state index in [1.807, 2.05) is 0 Å². The maximum absolute atomic E-state index is 11.1. The fourth-order valence-electron chi connectivity index (χ4n) is 2.01. The molecular formula is C15H16O6S2. The average Bonchev–Trinajstić information content (AvgIpc) is 2.47. The summed E-state index contributed by atoms with van der Waals surface area (Å²) in [6.07, 6.45) is 0. The topological polar surface area (TPSA) is 104 Å². The second-order valence-corrected chi connectivity index (χ2v) is 6.69. The SMILES string of the molecule is O=S(O)Cc1ccc(OCc2ccc(O)cc2)c(CS(=O)O)c1. The van der Waals surface area contributed by atoms with Crippen LogP contribution in [0, 0.1) is 0 Å². The van der Waals surface area contributed by atoms with Gasteiger partial charge in [-0.25, -0.2) is 8.42 Å². The third kappa shape index (κ3) is 5.76. The predicted octanol–water partition coefficient (Wildman–Crippen LogP) is 2.41. The molecule has 2 rings (SSSR count). The van der Waals surface area contributed by atoms with E-state index in [0.29, 0.717) is 16.9 Å². The van der Waals surface area contributed by atoms with Gasteiger partial charge < -0.3 is 18.9 Å². The van der Waals surface area contributed by atoms with Gasteiger partial charge >= 0.3 is 0 Å². The van der Waals surface area contributed by atoms with Crippen molar-refractivity contribution in [3.05, 3.63) is 59.2 Å². The van der Waals surface area contributed by atoms with Crippen LogP contribution >= 0.6 is 0 Å². The number of phenols is 1. The number of benzene rings is 2. The molecule has 0 spiro atoms. The Morgan fingerprint density at radius 3 is 2.09 bits per heavy atom. The summed E-state index contributed by atoms with van der Waals surface area (Å²) in [5.74, 6) is 0.416. The normalized spacial score (nSPS) is 13.5. The number of phenolic OH excluding ortho intramolecular Hbond substituents is 1. The molecule has 0 aliphatic carbocycles. The van der Waals surface area contributed by atoms with Crippen molar-refractivity contribution in [2.45, 2.75) is 18.1 Å². The highest BCUT2D eigenvalue weighted by Gasteiger charge is 2.10. The van der Waals surface area contributed by atoms with Gasteiger partial charge in [-0.3, -0.25) is 0 Å². The molecule has 3 N–H and O–H groups in total. The van der Waals surface area contributed by atoms with Crippen LogP contribution in [0.5, 0.6) is 11.5 Å². The van der Waals surface area contributed by atoms with E-state index < -0.39 is 22.2 Å². The largest absolute Gasteiger partial charge is 0.508 e. The number of ether oxygens (including phenoxy) is 1. The standard InChI is InChI=1S/C15H16O6S2/c16-14-4-1-11(2-5-14)8-21-15-6-3-12(9-22(17)18)7-13(15)10-23(19)20/h1-7,16H,8-10H2,(H,17,18)(H,19,20). The Morgan fingerprint density at radius 1 is 0.870 bits per heavy atom. The lowest BCUT2D eigenvalue weighted by atomic mass is 10.1. The van der Waals surface area contributed by atoms with E-state index in [1.54, 1.807) is 42.5 Å². The Balaban J connectivity index is 2.16. The fraction of sp³-hybridized carbons (Fsp3) is 0.200. The zero-order valence-electron chi connectivity index (χ0n) is 12.0. The first-order valence-electron chi connectivity index (χ1n) is 6.61. The molecule has 0 aliphatic rings. The van der Waals surface area contributed by atoms with Crippen LogP contribution in [0.3, 0.4) is 0 Å². The van der Waals surface area contributed by atoms with E-state index in [9.17, 15) is 13.5 Å². The van der Waals surface area contributed by atoms with Gasteiger partial charge in [-0.1, -0.05) is 24.3 Å². The van der Waals surface area contributed by atoms with Crippen LogP contribution in [0.1, 0.15) is 16.7 Å². The molecule has 2 aromatic rings. The van der Waals surface area contributed by atoms with Gasteiger partial charge in [0.15, 0.2) is 22.2 Å². The van der Waals surface area contributed by atoms with E-state index in [-0.39, 0.29) is 23.9 Å². The van der Waals surface area contributed by atoms with Gasteiger partial charge in [-0.05, 0) is 29.3 Å². The number of hydrogen-bond acceptors (Lipinski definition) is 4. The summed E-state index contributed by atoms with van der Waals surface area (Å²) in [4.78, 5) is 0. The van der Waals surface area contributed by atoms with Crippen LogP contribution in [0.2, 0.25) is 0 Å². The highest BCUT2D eigenvalue weighted by Crippen LogP contribution is 2.24. The minimum absolute atomic E-state index is 0.0523. The molecule has 0 saturated carbocycles. The van der Waals surface area contributed by atoms with Crippen molar-refractivity contribution in [3.8, 4) is 11.5 Å². The zero-order chi connectivity index (χ0) is 16.8. The summed E-state index contributed by atoms with van der Waals surface area (Å²) in [5.41, 5.74) is 1.91. The highest BCUT2D eigenvalue weighted by molar-refractivity contribution is 7.78. The van der Waals surface area contributed by atoms with Crippen LogP contribution in [0.25, 0.3) is 0 Å². The Hall–Kier alpha value is -1.74. The Bertz CT molecular complexity index is 714. The van der Waals surface area contributed by atoms with Crippen LogP contribution < -0.4 is 4.74 Å². The van der Waals surface area contributed by atoms with Crippen molar-refractivity contribution in [1.29, 1.82) is 0 Å². The molecule has 0 heterocycles. The van der Waals surface area contributed by atoms with Crippen molar-refractivity contribution < 1.29 is 27.4 Å². The third-order valence-corrected chi connectivity index (χ3v) is 4.16. The molecule has 2 unspecified atom stereocenters. The van der Waals surface area contributed by atoms with Gasteiger partial charge in [0, 0.05) is 5.56 Å². The molecule has 0 fully saturated rings. The minimum Gasteiger partial charge on any atom is -0.508 e. The van der Waals surface area contributed by atoms with Gasteiger partial charge in [0.1, 0.15) is 18.1 Å². The summed E-state index contributed by atoms with van der Waals surface area (Å²) in [6.45, 7) is 0.233. The molecule has 2 aromatic carbocycles. The lowest BCUT2D eigenvalue weighted by Gasteiger charge is -2.12. The van der Waals surface area contributed by atoms with Gasteiger partial charge in [0.25, 0.3) is 0 Å². The lowest BCUT2D eigenvalue weighted by Crippen LogP contribution is -2.03. The van der Waals surface area contributed by atoms with Crippen molar-refractivity contribution in [3.63, 3.8) is 0 Å². The monoisotopic (exact) mass is 356 g/mol. The third-order valence-electron chi connectivity index (χ3n) is 3.02. The zero-order valence-corrected chi connectivity index (χ0v) is 13.7. The fourth-order valence-corrected chi connectivity index (χ4v) is 2.96. The maximum atomic E-state index is 11.1. The first-order chi connectivity index (χ1) is 10.9. The van der Waals surface area contributed by atoms with Crippen molar-refractivity contribution in [1.82, 2.24) is 0 Å². The number of hydrogen-bond donors (Lipinski definition) is 3. The van der Waals surface area contributed by atoms with Crippen LogP contribution in [0.4, 0.5) is 0 Å². The summed E-state index contributed by atoms with van der Waals surface area (Å²) < 4.78 is 45.7. The molecule has 0 amide bonds. The molecule has 23 heavy (non-hydrogen) atoms. The molecule has 0 radical (unpaired) electrons. The molecule has 8 heteroatoms. The van der Waals surface area contributed by atoms with Crippen molar-refractivity contribution in [2.24, 2.45) is 0 Å². The van der Waals surface area contributed by atoms with Gasteiger partial charge in [0.05, 0.1) is 11.5 Å². The van der Waals surface area contributed by atoms with Crippen LogP contribution in [0.15, 0.2) is 42.5 Å². The Kier molecular flexibility index (Phi) is 6.28. The highest BCUT2D eigenvalue weighted by atomic mass is 32.2. The van der Waals surface area contributed by atoms with E-state index in [2.05, 4.69) is 0 Å². The molecular weight excluding hydrogens is 340 g/mol. The van der Waals surface area contributed by atoms with Crippen LogP contribution in [-0.4, -0.2) is 22.6 Å². The number of aromatic hydroxyl groups is 1. The first-order valence-corrected chi connectivity index (χ1v) is 9.16. The Morgan fingerprint density at radius 2 is 1.48 bits per heavy atom. The number of rotatable bonds is 7. The Labute approximate surface area is 138 Å². The molecule has 2 atom stereocenters. The van der Waals surface area contributed by atoms with Crippen LogP contribution in [-0.2, 0) is 40.3 Å². The van der Waals surface area contributed by atoms with E-state index >= 15 is 0 Å². The molecule has 0 bridgehead atoms. The maximum Gasteiger partial charge on any atom is 0.157 e. The quantitative estimate of drug-likeness (QED) is 0.658. The van der Waals surface area contributed by atoms with E-state index in [4.69, 9.17) is 13.8 Å². The second kappa shape index (κ2) is 8.21. The molecule has 6 nitrogen and oxygen atoms in total. The minimum atomic E-state index is -2.05. The second-order valence-electron chi connectivity index (χ2n) is 4.83. The van der Waals surface area contributed by atoms with Crippen molar-refractivity contribution >= 4 is 22.2 Å². The van der Waals surface area contributed by atoms with E-state index in [1.165, 1.54) is 0 Å². The van der Waals surface area contributed by atoms with Gasteiger partial charge in [-0.15, -0.1) is 0 Å². The summed E-state index contributed by atoms with van der Waals surface area (Å²) in [5, 5.41) is 9.24. The molecule has 0 aromatic heterocycles. The van der Waals surface area contributed by atoms with Gasteiger partial charge in [-0.2, -0.15) is 0 Å². The summed E-state index contributed by atoms with van der Waals surface area (Å²) in [6, 6.07) is 11.4. The molecule has 124 valence electrons. The lowest BCUT2D eigenvalue weighted by molar-refractivity contribution is 0.303. The summed E-state index contributed by atoms with van der Waals surface area (Å²) in [7, 11) is 0. The van der Waals surface area contributed by atoms with Crippen molar-refractivity contribution in [2.75, 3.05) is 0 Å². The molecule has 0 aliphatic heterocycles. The first kappa shape index (κ1) is 17.6. The smallest absolute Gasteiger partial charge is 0.157 e. The van der Waals surface area contributed by atoms with Gasteiger partial charge in [0.2, 0.25) is 0 Å².